The number of aromatic nitrogens is 2. The van der Waals surface area contributed by atoms with Gasteiger partial charge in [0.1, 0.15) is 0 Å². The predicted molar refractivity (Wildman–Crippen MR) is 93.2 cm³/mol. The number of amides is 2. The van der Waals surface area contributed by atoms with Crippen molar-refractivity contribution in [1.82, 2.24) is 14.9 Å². The first-order valence-corrected chi connectivity index (χ1v) is 8.42. The lowest BCUT2D eigenvalue weighted by molar-refractivity contribution is -0.123. The molecule has 2 fully saturated rings. The Bertz CT molecular complexity index is 760. The molecule has 2 aliphatic rings. The number of hydrogen-bond acceptors (Lipinski definition) is 6. The number of nitrogens with zero attached hydrogens (tertiary/aromatic N) is 5. The van der Waals surface area contributed by atoms with Crippen molar-refractivity contribution in [2.24, 2.45) is 0 Å². The number of rotatable bonds is 3. The summed E-state index contributed by atoms with van der Waals surface area (Å²) in [5, 5.41) is 0. The molecule has 25 heavy (non-hydrogen) atoms. The maximum atomic E-state index is 12.8. The molecule has 7 nitrogen and oxygen atoms in total. The van der Waals surface area contributed by atoms with Crippen LogP contribution < -0.4 is 9.80 Å². The predicted octanol–water partition coefficient (Wildman–Crippen LogP) is 0.931. The van der Waals surface area contributed by atoms with E-state index < -0.39 is 0 Å². The summed E-state index contributed by atoms with van der Waals surface area (Å²) in [5.74, 6) is 0.456. The number of carbonyl (C=O) groups excluding carboxylic acids is 2. The third-order valence-corrected chi connectivity index (χ3v) is 4.73. The number of hydrogen-bond donors (Lipinski definition) is 0. The zero-order valence-electron chi connectivity index (χ0n) is 13.8. The fourth-order valence-electron chi connectivity index (χ4n) is 3.44. The van der Waals surface area contributed by atoms with Crippen molar-refractivity contribution in [3.05, 3.63) is 48.8 Å². The van der Waals surface area contributed by atoms with E-state index in [0.717, 1.165) is 13.1 Å². The van der Waals surface area contributed by atoms with Crippen LogP contribution in [0.15, 0.2) is 48.8 Å². The Morgan fingerprint density at radius 2 is 1.56 bits per heavy atom. The second-order valence-corrected chi connectivity index (χ2v) is 6.19. The van der Waals surface area contributed by atoms with Gasteiger partial charge < -0.3 is 4.90 Å². The van der Waals surface area contributed by atoms with Crippen molar-refractivity contribution in [3.8, 4) is 0 Å². The molecule has 0 aliphatic carbocycles. The van der Waals surface area contributed by atoms with Crippen LogP contribution in [0.3, 0.4) is 0 Å². The van der Waals surface area contributed by atoms with E-state index in [4.69, 9.17) is 0 Å². The van der Waals surface area contributed by atoms with Gasteiger partial charge in [0.2, 0.25) is 11.9 Å². The SMILES string of the molecule is O=C1C[C@H](N2CCN(c3ncccn3)CC2)C(=O)N1c1ccccc1. The smallest absolute Gasteiger partial charge is 0.251 e. The molecule has 0 unspecified atom stereocenters. The van der Waals surface area contributed by atoms with Crippen LogP contribution in [0.4, 0.5) is 11.6 Å². The van der Waals surface area contributed by atoms with Crippen LogP contribution in [0.2, 0.25) is 0 Å². The molecule has 2 aromatic rings. The lowest BCUT2D eigenvalue weighted by Crippen LogP contribution is -2.53. The Morgan fingerprint density at radius 1 is 0.880 bits per heavy atom. The van der Waals surface area contributed by atoms with Crippen LogP contribution in [-0.2, 0) is 9.59 Å². The third kappa shape index (κ3) is 2.98. The summed E-state index contributed by atoms with van der Waals surface area (Å²) >= 11 is 0. The molecular weight excluding hydrogens is 318 g/mol. The summed E-state index contributed by atoms with van der Waals surface area (Å²) < 4.78 is 0. The van der Waals surface area contributed by atoms with Gasteiger partial charge in [0, 0.05) is 38.6 Å². The molecule has 3 heterocycles. The van der Waals surface area contributed by atoms with Gasteiger partial charge in [0.15, 0.2) is 0 Å². The first-order chi connectivity index (χ1) is 12.2. The number of piperazine rings is 1. The molecule has 0 spiro atoms. The Morgan fingerprint density at radius 3 is 2.24 bits per heavy atom. The summed E-state index contributed by atoms with van der Waals surface area (Å²) in [6, 6.07) is 10.6. The highest BCUT2D eigenvalue weighted by molar-refractivity contribution is 6.22. The second-order valence-electron chi connectivity index (χ2n) is 6.19. The molecule has 4 rings (SSSR count). The van der Waals surface area contributed by atoms with Crippen molar-refractivity contribution in [2.75, 3.05) is 36.0 Å². The molecule has 1 atom stereocenters. The molecule has 0 bridgehead atoms. The minimum absolute atomic E-state index is 0.124. The zero-order valence-corrected chi connectivity index (χ0v) is 13.8. The van der Waals surface area contributed by atoms with Crippen LogP contribution in [0.5, 0.6) is 0 Å². The van der Waals surface area contributed by atoms with E-state index in [1.807, 2.05) is 18.2 Å². The Balaban J connectivity index is 1.44. The van der Waals surface area contributed by atoms with E-state index in [1.54, 1.807) is 30.6 Å². The van der Waals surface area contributed by atoms with Gasteiger partial charge in [0.05, 0.1) is 18.2 Å². The van der Waals surface area contributed by atoms with Gasteiger partial charge in [-0.15, -0.1) is 0 Å². The van der Waals surface area contributed by atoms with Crippen molar-refractivity contribution in [2.45, 2.75) is 12.5 Å². The van der Waals surface area contributed by atoms with Gasteiger partial charge in [-0.1, -0.05) is 18.2 Å². The number of para-hydroxylation sites is 1. The van der Waals surface area contributed by atoms with E-state index in [2.05, 4.69) is 19.8 Å². The van der Waals surface area contributed by atoms with Crippen LogP contribution in [-0.4, -0.2) is 58.9 Å². The Kier molecular flexibility index (Phi) is 4.15. The highest BCUT2D eigenvalue weighted by atomic mass is 16.2. The molecule has 1 aromatic carbocycles. The van der Waals surface area contributed by atoms with Crippen LogP contribution in [0.1, 0.15) is 6.42 Å². The van der Waals surface area contributed by atoms with E-state index in [1.165, 1.54) is 4.90 Å². The molecule has 128 valence electrons. The van der Waals surface area contributed by atoms with Crippen LogP contribution >= 0.6 is 0 Å². The molecule has 2 amide bonds. The third-order valence-electron chi connectivity index (χ3n) is 4.73. The maximum Gasteiger partial charge on any atom is 0.251 e. The minimum Gasteiger partial charge on any atom is -0.338 e. The fraction of sp³-hybridized carbons (Fsp3) is 0.333. The van der Waals surface area contributed by atoms with E-state index in [9.17, 15) is 9.59 Å². The minimum atomic E-state index is -0.369. The lowest BCUT2D eigenvalue weighted by atomic mass is 10.2. The van der Waals surface area contributed by atoms with Crippen molar-refractivity contribution in [3.63, 3.8) is 0 Å². The summed E-state index contributed by atoms with van der Waals surface area (Å²) in [5.41, 5.74) is 0.649. The zero-order chi connectivity index (χ0) is 17.2. The van der Waals surface area contributed by atoms with Crippen molar-refractivity contribution in [1.29, 1.82) is 0 Å². The average Bonchev–Trinajstić information content (AvgIpc) is 2.97. The van der Waals surface area contributed by atoms with Crippen LogP contribution in [0.25, 0.3) is 0 Å². The molecule has 1 aromatic heterocycles. The normalized spacial score (nSPS) is 21.8. The Labute approximate surface area is 145 Å². The molecule has 0 radical (unpaired) electrons. The number of anilines is 2. The van der Waals surface area contributed by atoms with Gasteiger partial charge in [-0.3, -0.25) is 14.5 Å². The number of carbonyl (C=O) groups is 2. The fourth-order valence-corrected chi connectivity index (χ4v) is 3.44. The van der Waals surface area contributed by atoms with E-state index >= 15 is 0 Å². The van der Waals surface area contributed by atoms with Gasteiger partial charge >= 0.3 is 0 Å². The Hall–Kier alpha value is -2.80. The molecule has 0 saturated carbocycles. The first-order valence-electron chi connectivity index (χ1n) is 8.42. The summed E-state index contributed by atoms with van der Waals surface area (Å²) in [6.45, 7) is 2.91. The second kappa shape index (κ2) is 6.60. The van der Waals surface area contributed by atoms with Gasteiger partial charge in [-0.2, -0.15) is 0 Å². The van der Waals surface area contributed by atoms with Gasteiger partial charge in [0.25, 0.3) is 5.91 Å². The van der Waals surface area contributed by atoms with Gasteiger partial charge in [-0.25, -0.2) is 14.9 Å². The maximum absolute atomic E-state index is 12.8. The molecule has 0 N–H and O–H groups in total. The quantitative estimate of drug-likeness (QED) is 0.776. The molecule has 2 saturated heterocycles. The molecule has 7 heteroatoms. The van der Waals surface area contributed by atoms with E-state index in [-0.39, 0.29) is 24.3 Å². The number of imide groups is 1. The topological polar surface area (TPSA) is 69.6 Å². The monoisotopic (exact) mass is 337 g/mol. The largest absolute Gasteiger partial charge is 0.338 e. The lowest BCUT2D eigenvalue weighted by Gasteiger charge is -2.36. The summed E-state index contributed by atoms with van der Waals surface area (Å²) in [4.78, 5) is 39.2. The highest BCUT2D eigenvalue weighted by Crippen LogP contribution is 2.26. The average molecular weight is 337 g/mol. The summed E-state index contributed by atoms with van der Waals surface area (Å²) in [6.07, 6.45) is 3.70. The molecular formula is C18H19N5O2. The van der Waals surface area contributed by atoms with Crippen LogP contribution in [0, 0.1) is 0 Å². The van der Waals surface area contributed by atoms with E-state index in [0.29, 0.717) is 24.7 Å². The first kappa shape index (κ1) is 15.7. The highest BCUT2D eigenvalue weighted by Gasteiger charge is 2.43. The summed E-state index contributed by atoms with van der Waals surface area (Å²) in [7, 11) is 0. The standard InChI is InChI=1S/C18H19N5O2/c24-16-13-15(17(25)23(16)14-5-2-1-3-6-14)21-9-11-22(12-10-21)18-19-7-4-8-20-18/h1-8,15H,9-13H2/t15-/m0/s1. The molecule has 2 aliphatic heterocycles. The van der Waals surface area contributed by atoms with Crippen molar-refractivity contribution < 1.29 is 9.59 Å². The van der Waals surface area contributed by atoms with Crippen molar-refractivity contribution >= 4 is 23.5 Å². The number of benzene rings is 1. The van der Waals surface area contributed by atoms with Gasteiger partial charge in [-0.05, 0) is 18.2 Å².